The van der Waals surface area contributed by atoms with Crippen LogP contribution in [0.5, 0.6) is 0 Å². The third kappa shape index (κ3) is 5.42. The minimum Gasteiger partial charge on any atom is -0.398 e. The SMILES string of the molecule is CON=C(C(=O)NC1C(=O)N2C=C(C[n+]3ccccc3)CS[C@@H]12)c1csc(NP(=O)(O)O)n1. The molecule has 1 unspecified atom stereocenters. The van der Waals surface area contributed by atoms with Crippen LogP contribution in [-0.4, -0.2) is 61.5 Å². The number of hydrogen-bond donors (Lipinski definition) is 4. The van der Waals surface area contributed by atoms with Crippen molar-refractivity contribution in [1.29, 1.82) is 0 Å². The normalized spacial score (nSPS) is 20.5. The van der Waals surface area contributed by atoms with Gasteiger partial charge in [0, 0.05) is 35.0 Å². The smallest absolute Gasteiger partial charge is 0.398 e. The number of anilines is 1. The van der Waals surface area contributed by atoms with Crippen LogP contribution in [0.2, 0.25) is 0 Å². The highest BCUT2D eigenvalue weighted by atomic mass is 32.2. The highest BCUT2D eigenvalue weighted by Gasteiger charge is 2.50. The Bertz CT molecular complexity index is 1170. The van der Waals surface area contributed by atoms with E-state index in [1.807, 2.05) is 46.4 Å². The van der Waals surface area contributed by atoms with Gasteiger partial charge in [0.2, 0.25) is 0 Å². The minimum atomic E-state index is -4.55. The van der Waals surface area contributed by atoms with Crippen molar-refractivity contribution in [1.82, 2.24) is 15.2 Å². The van der Waals surface area contributed by atoms with E-state index in [9.17, 15) is 14.2 Å². The number of thioether (sulfide) groups is 1. The Labute approximate surface area is 196 Å². The average Bonchev–Trinajstić information content (AvgIpc) is 3.22. The maximum atomic E-state index is 12.8. The van der Waals surface area contributed by atoms with E-state index in [0.717, 1.165) is 16.9 Å². The van der Waals surface area contributed by atoms with Gasteiger partial charge in [-0.2, -0.15) is 0 Å². The number of rotatable bonds is 8. The Hall–Kier alpha value is -2.77. The van der Waals surface area contributed by atoms with Crippen LogP contribution in [0.4, 0.5) is 5.13 Å². The highest BCUT2D eigenvalue weighted by Crippen LogP contribution is 2.37. The van der Waals surface area contributed by atoms with E-state index in [1.54, 1.807) is 16.7 Å². The van der Waals surface area contributed by atoms with E-state index < -0.39 is 19.7 Å². The van der Waals surface area contributed by atoms with E-state index in [4.69, 9.17) is 14.6 Å². The Morgan fingerprint density at radius 2 is 2.15 bits per heavy atom. The molecule has 0 aliphatic carbocycles. The van der Waals surface area contributed by atoms with Crippen molar-refractivity contribution in [3.8, 4) is 0 Å². The molecule has 2 aliphatic heterocycles. The van der Waals surface area contributed by atoms with Crippen molar-refractivity contribution in [2.75, 3.05) is 17.9 Å². The molecular weight excluding hydrogens is 491 g/mol. The number of pyridine rings is 1. The van der Waals surface area contributed by atoms with Gasteiger partial charge in [0.1, 0.15) is 24.2 Å². The predicted molar refractivity (Wildman–Crippen MR) is 121 cm³/mol. The lowest BCUT2D eigenvalue weighted by Crippen LogP contribution is -2.69. The topological polar surface area (TPSA) is 157 Å². The Morgan fingerprint density at radius 1 is 1.39 bits per heavy atom. The number of amides is 2. The van der Waals surface area contributed by atoms with Crippen molar-refractivity contribution < 1.29 is 33.3 Å². The zero-order valence-electron chi connectivity index (χ0n) is 17.2. The van der Waals surface area contributed by atoms with Crippen LogP contribution in [0.1, 0.15) is 5.69 Å². The van der Waals surface area contributed by atoms with Crippen LogP contribution in [0, 0.1) is 0 Å². The molecule has 4 rings (SSSR count). The molecule has 2 amide bonds. The van der Waals surface area contributed by atoms with Gasteiger partial charge in [-0.1, -0.05) is 11.2 Å². The van der Waals surface area contributed by atoms with Crippen LogP contribution in [0.25, 0.3) is 0 Å². The number of hydrogen-bond acceptors (Lipinski definition) is 8. The number of aromatic nitrogens is 2. The fourth-order valence-corrected chi connectivity index (χ4v) is 5.94. The molecule has 2 aliphatic rings. The molecule has 0 spiro atoms. The molecular formula is C18H20N6O6PS2+. The number of oxime groups is 1. The van der Waals surface area contributed by atoms with Crippen LogP contribution in [0.15, 0.2) is 52.9 Å². The summed E-state index contributed by atoms with van der Waals surface area (Å²) in [5, 5.41) is 9.36. The monoisotopic (exact) mass is 511 g/mol. The summed E-state index contributed by atoms with van der Waals surface area (Å²) in [6.07, 6.45) is 5.74. The van der Waals surface area contributed by atoms with Crippen LogP contribution >= 0.6 is 30.8 Å². The molecule has 0 saturated carbocycles. The second-order valence-corrected chi connectivity index (χ2v) is 10.3. The van der Waals surface area contributed by atoms with Gasteiger partial charge in [-0.05, 0) is 0 Å². The van der Waals surface area contributed by atoms with Gasteiger partial charge in [-0.15, -0.1) is 23.1 Å². The lowest BCUT2D eigenvalue weighted by atomic mass is 10.1. The number of carbonyl (C=O) groups is 2. The summed E-state index contributed by atoms with van der Waals surface area (Å²) in [6.45, 7) is 0.667. The first kappa shape index (κ1) is 23.4. The second-order valence-electron chi connectivity index (χ2n) is 7.05. The standard InChI is InChI=1S/C18H19N6O6PS2/c1-30-21-13(12-10-33-18(19-12)22-31(27,28)29)15(25)20-14-16(26)24-8-11(9-32-17(14)24)7-23-5-3-2-4-6-23/h2-6,8,10,14,17H,7,9H2,1H3,(H3-,19,20,22,25,27,28,29)/p+1/t14?,17-/m0/s1. The van der Waals surface area contributed by atoms with Gasteiger partial charge < -0.3 is 24.8 Å². The van der Waals surface area contributed by atoms with Gasteiger partial charge in [0.05, 0.1) is 0 Å². The largest absolute Gasteiger partial charge is 0.429 e. The average molecular weight is 512 g/mol. The summed E-state index contributed by atoms with van der Waals surface area (Å²) in [6, 6.07) is 5.07. The maximum absolute atomic E-state index is 12.8. The molecule has 0 bridgehead atoms. The molecule has 1 fully saturated rings. The third-order valence-electron chi connectivity index (χ3n) is 4.68. The summed E-state index contributed by atoms with van der Waals surface area (Å²) in [4.78, 5) is 53.8. The Kier molecular flexibility index (Phi) is 6.81. The number of nitrogens with one attached hydrogen (secondary N) is 2. The fourth-order valence-electron chi connectivity index (χ4n) is 3.28. The number of carbonyl (C=O) groups excluding carboxylic acids is 2. The zero-order valence-corrected chi connectivity index (χ0v) is 19.7. The quantitative estimate of drug-likeness (QED) is 0.128. The molecule has 2 aromatic heterocycles. The van der Waals surface area contributed by atoms with E-state index in [2.05, 4.69) is 15.5 Å². The molecule has 4 heterocycles. The number of nitrogens with zero attached hydrogens (tertiary/aromatic N) is 4. The highest BCUT2D eigenvalue weighted by molar-refractivity contribution is 8.00. The van der Waals surface area contributed by atoms with Gasteiger partial charge in [-0.25, -0.2) is 14.1 Å². The summed E-state index contributed by atoms with van der Waals surface area (Å²) < 4.78 is 13.1. The molecule has 1 saturated heterocycles. The van der Waals surface area contributed by atoms with E-state index in [-0.39, 0.29) is 27.8 Å². The van der Waals surface area contributed by atoms with Crippen LogP contribution in [0.3, 0.4) is 0 Å². The zero-order chi connectivity index (χ0) is 23.6. The molecule has 33 heavy (non-hydrogen) atoms. The van der Waals surface area contributed by atoms with Crippen molar-refractivity contribution in [2.24, 2.45) is 5.16 Å². The third-order valence-corrected chi connectivity index (χ3v) is 7.47. The lowest BCUT2D eigenvalue weighted by molar-refractivity contribution is -0.689. The van der Waals surface area contributed by atoms with E-state index in [1.165, 1.54) is 12.5 Å². The predicted octanol–water partition coefficient (Wildman–Crippen LogP) is 0.270. The molecule has 12 nitrogen and oxygen atoms in total. The number of fused-ring (bicyclic) bond motifs is 1. The first-order valence-corrected chi connectivity index (χ1v) is 13.1. The van der Waals surface area contributed by atoms with Gasteiger partial charge in [0.25, 0.3) is 11.8 Å². The van der Waals surface area contributed by atoms with E-state index in [0.29, 0.717) is 12.3 Å². The first-order chi connectivity index (χ1) is 15.7. The number of thiazole rings is 1. The molecule has 4 N–H and O–H groups in total. The minimum absolute atomic E-state index is 0.0530. The summed E-state index contributed by atoms with van der Waals surface area (Å²) >= 11 is 2.44. The molecule has 15 heteroatoms. The fraction of sp³-hybridized carbons (Fsp3) is 0.278. The number of β-lactam (4-membered cyclic amide) rings is 1. The molecule has 2 atom stereocenters. The molecule has 2 aromatic rings. The van der Waals surface area contributed by atoms with Crippen LogP contribution < -0.4 is 15.0 Å². The second kappa shape index (κ2) is 9.61. The van der Waals surface area contributed by atoms with Gasteiger partial charge in [-0.3, -0.25) is 14.7 Å². The summed E-state index contributed by atoms with van der Waals surface area (Å²) in [5.74, 6) is -0.210. The van der Waals surface area contributed by atoms with Crippen molar-refractivity contribution in [3.05, 3.63) is 53.4 Å². The summed E-state index contributed by atoms with van der Waals surface area (Å²) in [7, 11) is -3.30. The first-order valence-electron chi connectivity index (χ1n) is 9.54. The molecule has 0 radical (unpaired) electrons. The van der Waals surface area contributed by atoms with Gasteiger partial charge in [0.15, 0.2) is 29.8 Å². The van der Waals surface area contributed by atoms with Crippen molar-refractivity contribution in [3.63, 3.8) is 0 Å². The maximum Gasteiger partial charge on any atom is 0.429 e. The van der Waals surface area contributed by atoms with Crippen molar-refractivity contribution in [2.45, 2.75) is 18.0 Å². The van der Waals surface area contributed by atoms with Crippen molar-refractivity contribution >= 4 is 53.5 Å². The lowest BCUT2D eigenvalue weighted by Gasteiger charge is -2.47. The van der Waals surface area contributed by atoms with E-state index >= 15 is 0 Å². The molecule has 0 aromatic carbocycles. The molecule has 174 valence electrons. The van der Waals surface area contributed by atoms with Crippen LogP contribution in [-0.2, 0) is 25.5 Å². The summed E-state index contributed by atoms with van der Waals surface area (Å²) in [5.41, 5.74) is 0.924. The van der Waals surface area contributed by atoms with Gasteiger partial charge >= 0.3 is 7.75 Å². The Morgan fingerprint density at radius 3 is 2.85 bits per heavy atom. The Balaban J connectivity index is 1.42.